The molecule has 0 fully saturated rings. The summed E-state index contributed by atoms with van der Waals surface area (Å²) in [5.74, 6) is 1.73. The topological polar surface area (TPSA) is 166 Å². The Morgan fingerprint density at radius 1 is 0.419 bits per heavy atom. The van der Waals surface area contributed by atoms with Gasteiger partial charge in [0.25, 0.3) is 11.8 Å². The number of hydrogen-bond donors (Lipinski definition) is 4. The van der Waals surface area contributed by atoms with Gasteiger partial charge < -0.3 is 30.7 Å². The second kappa shape index (κ2) is 22.8. The fourth-order valence-electron chi connectivity index (χ4n) is 6.31. The fourth-order valence-corrected chi connectivity index (χ4v) is 6.31. The number of urea groups is 2. The van der Waals surface area contributed by atoms with Gasteiger partial charge in [0.2, 0.25) is 0 Å². The number of nitrogens with zero attached hydrogens (tertiary/aromatic N) is 4. The standard InChI is InChI=1S/C48H54N8O6/c1-7-49-43(55(9-3)47(59)53-39-25-29-41(30-26-39)61-11-5)33-17-21-37(22-18-33)51-45(57)35-13-15-36(16-14-35)46(58)52-38-23-19-34(20-24-38)44(50-8-2)56(10-4)48(60)54-40-27-31-42(32-28-40)62-12-6/h13-32H,7-12H2,1-6H3,(H,51,57)(H,52,58)(H,53,59)(H,54,60). The molecule has 0 bridgehead atoms. The molecular weight excluding hydrogens is 785 g/mol. The molecule has 0 aliphatic carbocycles. The minimum Gasteiger partial charge on any atom is -0.494 e. The van der Waals surface area contributed by atoms with Crippen molar-refractivity contribution in [2.24, 2.45) is 9.98 Å². The Bertz CT molecular complexity index is 2160. The molecule has 0 heterocycles. The molecule has 0 atom stereocenters. The summed E-state index contributed by atoms with van der Waals surface area (Å²) in [6, 6.07) is 34.2. The molecule has 0 aromatic heterocycles. The predicted molar refractivity (Wildman–Crippen MR) is 247 cm³/mol. The quantitative estimate of drug-likeness (QED) is 0.0571. The lowest BCUT2D eigenvalue weighted by atomic mass is 10.1. The van der Waals surface area contributed by atoms with Gasteiger partial charge in [-0.25, -0.2) is 9.59 Å². The van der Waals surface area contributed by atoms with Crippen molar-refractivity contribution in [3.63, 3.8) is 0 Å². The molecule has 0 radical (unpaired) electrons. The number of carbonyl (C=O) groups is 4. The van der Waals surface area contributed by atoms with Gasteiger partial charge in [-0.2, -0.15) is 0 Å². The molecule has 0 unspecified atom stereocenters. The maximum absolute atomic E-state index is 13.3. The Morgan fingerprint density at radius 3 is 1.00 bits per heavy atom. The first-order valence-electron chi connectivity index (χ1n) is 20.8. The van der Waals surface area contributed by atoms with E-state index in [0.717, 1.165) is 11.5 Å². The zero-order valence-corrected chi connectivity index (χ0v) is 36.0. The zero-order valence-electron chi connectivity index (χ0n) is 36.0. The van der Waals surface area contributed by atoms with Gasteiger partial charge in [-0.05, 0) is 163 Å². The van der Waals surface area contributed by atoms with Crippen LogP contribution >= 0.6 is 0 Å². The van der Waals surface area contributed by atoms with Crippen molar-refractivity contribution in [1.29, 1.82) is 0 Å². The molecule has 4 N–H and O–H groups in total. The number of anilines is 4. The Hall–Kier alpha value is -7.48. The fraction of sp³-hybridized carbons (Fsp3) is 0.250. The summed E-state index contributed by atoms with van der Waals surface area (Å²) < 4.78 is 11.0. The molecule has 5 rings (SSSR count). The summed E-state index contributed by atoms with van der Waals surface area (Å²) in [6.07, 6.45) is 0. The van der Waals surface area contributed by atoms with Crippen LogP contribution < -0.4 is 30.7 Å². The van der Waals surface area contributed by atoms with E-state index in [9.17, 15) is 19.2 Å². The van der Waals surface area contributed by atoms with E-state index in [1.165, 1.54) is 0 Å². The van der Waals surface area contributed by atoms with E-state index in [2.05, 4.69) is 31.3 Å². The molecule has 5 aromatic rings. The summed E-state index contributed by atoms with van der Waals surface area (Å²) in [4.78, 5) is 65.5. The minimum atomic E-state index is -0.355. The van der Waals surface area contributed by atoms with Gasteiger partial charge >= 0.3 is 12.1 Å². The van der Waals surface area contributed by atoms with Gasteiger partial charge in [0.05, 0.1) is 13.2 Å². The molecule has 0 aliphatic rings. The highest BCUT2D eigenvalue weighted by atomic mass is 16.5. The van der Waals surface area contributed by atoms with Gasteiger partial charge in [0.15, 0.2) is 0 Å². The number of carbonyl (C=O) groups excluding carboxylic acids is 4. The highest BCUT2D eigenvalue weighted by Crippen LogP contribution is 2.21. The van der Waals surface area contributed by atoms with E-state index in [1.54, 1.807) is 131 Å². The van der Waals surface area contributed by atoms with Crippen LogP contribution in [0.25, 0.3) is 0 Å². The number of hydrogen-bond acceptors (Lipinski definition) is 8. The Morgan fingerprint density at radius 2 is 0.710 bits per heavy atom. The molecule has 322 valence electrons. The van der Waals surface area contributed by atoms with Crippen LogP contribution in [0.3, 0.4) is 0 Å². The molecule has 0 aliphatic heterocycles. The monoisotopic (exact) mass is 838 g/mol. The first-order chi connectivity index (χ1) is 30.1. The summed E-state index contributed by atoms with van der Waals surface area (Å²) in [7, 11) is 0. The smallest absolute Gasteiger partial charge is 0.327 e. The summed E-state index contributed by atoms with van der Waals surface area (Å²) in [5.41, 5.74) is 4.49. The van der Waals surface area contributed by atoms with E-state index in [0.29, 0.717) is 96.1 Å². The van der Waals surface area contributed by atoms with Crippen molar-refractivity contribution < 1.29 is 28.7 Å². The summed E-state index contributed by atoms with van der Waals surface area (Å²) in [6.45, 7) is 14.1. The van der Waals surface area contributed by atoms with E-state index in [-0.39, 0.29) is 23.9 Å². The predicted octanol–water partition coefficient (Wildman–Crippen LogP) is 9.63. The molecule has 62 heavy (non-hydrogen) atoms. The van der Waals surface area contributed by atoms with Crippen LogP contribution in [0.15, 0.2) is 131 Å². The van der Waals surface area contributed by atoms with Crippen molar-refractivity contribution in [2.75, 3.05) is 60.7 Å². The minimum absolute atomic E-state index is 0.328. The third-order valence-corrected chi connectivity index (χ3v) is 9.29. The lowest BCUT2D eigenvalue weighted by Gasteiger charge is -2.24. The molecular formula is C48H54N8O6. The van der Waals surface area contributed by atoms with Crippen molar-refractivity contribution >= 4 is 58.3 Å². The summed E-state index contributed by atoms with van der Waals surface area (Å²) in [5, 5.41) is 11.6. The van der Waals surface area contributed by atoms with E-state index in [4.69, 9.17) is 9.47 Å². The van der Waals surface area contributed by atoms with E-state index >= 15 is 0 Å². The number of amidine groups is 2. The number of nitrogens with one attached hydrogen (secondary N) is 4. The van der Waals surface area contributed by atoms with E-state index in [1.807, 2.05) is 41.5 Å². The average molecular weight is 839 g/mol. The highest BCUT2D eigenvalue weighted by molar-refractivity contribution is 6.12. The van der Waals surface area contributed by atoms with Crippen LogP contribution in [0.1, 0.15) is 73.4 Å². The Kier molecular flexibility index (Phi) is 16.7. The van der Waals surface area contributed by atoms with Gasteiger partial charge in [-0.3, -0.25) is 29.4 Å². The average Bonchev–Trinajstić information content (AvgIpc) is 3.28. The number of amides is 6. The Balaban J connectivity index is 1.17. The SMILES string of the molecule is CCN=C(c1ccc(NC(=O)c2ccc(C(=O)Nc3ccc(C(=NCC)N(CC)C(=O)Nc4ccc(OCC)cc4)cc3)cc2)cc1)N(CC)C(=O)Nc1ccc(OCC)cc1. The largest absolute Gasteiger partial charge is 0.494 e. The van der Waals surface area contributed by atoms with Gasteiger partial charge in [-0.15, -0.1) is 0 Å². The number of ether oxygens (including phenoxy) is 2. The maximum Gasteiger partial charge on any atom is 0.327 e. The molecule has 5 aromatic carbocycles. The lowest BCUT2D eigenvalue weighted by Crippen LogP contribution is -2.40. The summed E-state index contributed by atoms with van der Waals surface area (Å²) >= 11 is 0. The van der Waals surface area contributed by atoms with E-state index < -0.39 is 0 Å². The van der Waals surface area contributed by atoms with Crippen molar-refractivity contribution in [1.82, 2.24) is 9.80 Å². The van der Waals surface area contributed by atoms with Crippen molar-refractivity contribution in [3.05, 3.63) is 144 Å². The van der Waals surface area contributed by atoms with Crippen LogP contribution in [-0.2, 0) is 0 Å². The van der Waals surface area contributed by atoms with Crippen LogP contribution in [0.5, 0.6) is 11.5 Å². The number of rotatable bonds is 16. The first kappa shape index (κ1) is 45.6. The third kappa shape index (κ3) is 12.3. The number of aliphatic imine (C=N–C) groups is 2. The lowest BCUT2D eigenvalue weighted by molar-refractivity contribution is 0.101. The molecule has 0 saturated carbocycles. The van der Waals surface area contributed by atoms with Crippen LogP contribution in [0.2, 0.25) is 0 Å². The van der Waals surface area contributed by atoms with Crippen molar-refractivity contribution in [3.8, 4) is 11.5 Å². The third-order valence-electron chi connectivity index (χ3n) is 9.29. The van der Waals surface area contributed by atoms with Gasteiger partial charge in [0.1, 0.15) is 23.2 Å². The first-order valence-corrected chi connectivity index (χ1v) is 20.8. The molecule has 0 saturated heterocycles. The second-order valence-electron chi connectivity index (χ2n) is 13.5. The molecule has 6 amide bonds. The zero-order chi connectivity index (χ0) is 44.4. The Labute approximate surface area is 363 Å². The highest BCUT2D eigenvalue weighted by Gasteiger charge is 2.22. The van der Waals surface area contributed by atoms with Crippen LogP contribution in [0.4, 0.5) is 32.3 Å². The maximum atomic E-state index is 13.3. The van der Waals surface area contributed by atoms with Gasteiger partial charge in [-0.1, -0.05) is 0 Å². The van der Waals surface area contributed by atoms with Crippen molar-refractivity contribution in [2.45, 2.75) is 41.5 Å². The molecule has 14 nitrogen and oxygen atoms in total. The number of benzene rings is 5. The van der Waals surface area contributed by atoms with Crippen LogP contribution in [-0.4, -0.2) is 84.7 Å². The normalized spacial score (nSPS) is 11.3. The molecule has 0 spiro atoms. The molecule has 14 heteroatoms. The van der Waals surface area contributed by atoms with Crippen LogP contribution in [0, 0.1) is 0 Å². The second-order valence-corrected chi connectivity index (χ2v) is 13.5. The van der Waals surface area contributed by atoms with Gasteiger partial charge in [0, 0.05) is 71.2 Å².